The molecule has 1 aliphatic carbocycles. The summed E-state index contributed by atoms with van der Waals surface area (Å²) in [5.41, 5.74) is 3.19. The monoisotopic (exact) mass is 428 g/mol. The summed E-state index contributed by atoms with van der Waals surface area (Å²) in [5, 5.41) is 8.06. The molecule has 2 atom stereocenters. The molecule has 7 heteroatoms. The van der Waals surface area contributed by atoms with E-state index in [9.17, 15) is 9.59 Å². The number of nitrogens with zero attached hydrogens (tertiary/aromatic N) is 3. The lowest BCUT2D eigenvalue weighted by atomic mass is 9.79. The zero-order valence-corrected chi connectivity index (χ0v) is 18.6. The van der Waals surface area contributed by atoms with Gasteiger partial charge in [-0.15, -0.1) is 0 Å². The van der Waals surface area contributed by atoms with E-state index in [0.717, 1.165) is 49.8 Å². The van der Waals surface area contributed by atoms with Crippen LogP contribution in [0.15, 0.2) is 18.5 Å². The van der Waals surface area contributed by atoms with Gasteiger partial charge in [0.05, 0.1) is 11.2 Å². The molecule has 0 unspecified atom stereocenters. The Morgan fingerprint density at radius 3 is 2.83 bits per heavy atom. The van der Waals surface area contributed by atoms with Crippen molar-refractivity contribution in [1.82, 2.24) is 14.8 Å². The molecule has 0 spiro atoms. The Hall–Kier alpha value is -2.21. The lowest BCUT2D eigenvalue weighted by molar-refractivity contribution is -0.123. The van der Waals surface area contributed by atoms with E-state index < -0.39 is 0 Å². The second kappa shape index (κ2) is 8.14. The summed E-state index contributed by atoms with van der Waals surface area (Å²) in [6, 6.07) is 1.85. The summed E-state index contributed by atoms with van der Waals surface area (Å²) in [5.74, 6) is 0.905. The van der Waals surface area contributed by atoms with E-state index in [1.807, 2.05) is 16.9 Å². The number of aromatic nitrogens is 3. The van der Waals surface area contributed by atoms with Crippen molar-refractivity contribution in [2.75, 3.05) is 5.32 Å². The van der Waals surface area contributed by atoms with Crippen LogP contribution in [0.5, 0.6) is 0 Å². The zero-order chi connectivity index (χ0) is 21.5. The van der Waals surface area contributed by atoms with Gasteiger partial charge >= 0.3 is 0 Å². The largest absolute Gasteiger partial charge is 0.310 e. The van der Waals surface area contributed by atoms with E-state index in [1.165, 1.54) is 5.69 Å². The molecule has 160 valence electrons. The summed E-state index contributed by atoms with van der Waals surface area (Å²) >= 11 is 6.47. The first-order valence-corrected chi connectivity index (χ1v) is 11.1. The standard InChI is InChI=1S/C23H29ClN4O2/c1-14(29)7-15-5-4-6-16(8-15)22(30)27-21-9-17(19(24)12-25-21)18-11-26-28-13-23(2,3)10-20(18)28/h9,11-12,15-16H,4-8,10,13H2,1-3H3,(H,25,27,30)/t15-,16-/m0/s1. The van der Waals surface area contributed by atoms with Gasteiger partial charge in [0.25, 0.3) is 0 Å². The van der Waals surface area contributed by atoms with Crippen molar-refractivity contribution in [2.45, 2.75) is 65.8 Å². The highest BCUT2D eigenvalue weighted by Gasteiger charge is 2.32. The highest BCUT2D eigenvalue weighted by molar-refractivity contribution is 6.33. The smallest absolute Gasteiger partial charge is 0.228 e. The highest BCUT2D eigenvalue weighted by Crippen LogP contribution is 2.39. The van der Waals surface area contributed by atoms with Crippen LogP contribution in [0.2, 0.25) is 5.02 Å². The number of pyridine rings is 1. The van der Waals surface area contributed by atoms with E-state index in [1.54, 1.807) is 13.1 Å². The highest BCUT2D eigenvalue weighted by atomic mass is 35.5. The van der Waals surface area contributed by atoms with Crippen LogP contribution in [0, 0.1) is 17.3 Å². The number of hydrogen-bond acceptors (Lipinski definition) is 4. The lowest BCUT2D eigenvalue weighted by Crippen LogP contribution is -2.29. The van der Waals surface area contributed by atoms with Gasteiger partial charge in [-0.3, -0.25) is 9.48 Å². The predicted molar refractivity (Wildman–Crippen MR) is 117 cm³/mol. The van der Waals surface area contributed by atoms with Crippen LogP contribution < -0.4 is 5.32 Å². The van der Waals surface area contributed by atoms with Gasteiger partial charge in [0, 0.05) is 41.9 Å². The Morgan fingerprint density at radius 1 is 1.27 bits per heavy atom. The molecule has 1 fully saturated rings. The first-order chi connectivity index (χ1) is 14.2. The van der Waals surface area contributed by atoms with Gasteiger partial charge in [-0.25, -0.2) is 4.98 Å². The number of carbonyl (C=O) groups excluding carboxylic acids is 2. The topological polar surface area (TPSA) is 76.9 Å². The number of halogens is 1. The molecular formula is C23H29ClN4O2. The average Bonchev–Trinajstić information content (AvgIpc) is 3.18. The maximum atomic E-state index is 12.9. The molecule has 1 amide bonds. The molecule has 2 aromatic rings. The van der Waals surface area contributed by atoms with Crippen molar-refractivity contribution in [1.29, 1.82) is 0 Å². The third kappa shape index (κ3) is 4.43. The summed E-state index contributed by atoms with van der Waals surface area (Å²) in [6.45, 7) is 6.97. The third-order valence-electron chi connectivity index (χ3n) is 6.30. The van der Waals surface area contributed by atoms with Crippen molar-refractivity contribution in [3.8, 4) is 11.1 Å². The second-order valence-electron chi connectivity index (χ2n) is 9.68. The first kappa shape index (κ1) is 21.0. The maximum Gasteiger partial charge on any atom is 0.228 e. The molecule has 0 aromatic carbocycles. The van der Waals surface area contributed by atoms with Gasteiger partial charge in [-0.05, 0) is 50.0 Å². The van der Waals surface area contributed by atoms with E-state index in [2.05, 4.69) is 29.2 Å². The Kier molecular flexibility index (Phi) is 5.71. The fourth-order valence-corrected chi connectivity index (χ4v) is 5.14. The minimum absolute atomic E-state index is 0.0228. The summed E-state index contributed by atoms with van der Waals surface area (Å²) in [7, 11) is 0. The Balaban J connectivity index is 1.51. The molecule has 0 saturated heterocycles. The number of nitrogens with one attached hydrogen (secondary N) is 1. The molecule has 6 nitrogen and oxygen atoms in total. The molecule has 2 aromatic heterocycles. The quantitative estimate of drug-likeness (QED) is 0.734. The molecule has 1 aliphatic heterocycles. The van der Waals surface area contributed by atoms with E-state index in [4.69, 9.17) is 11.6 Å². The van der Waals surface area contributed by atoms with Gasteiger partial charge in [-0.2, -0.15) is 5.10 Å². The van der Waals surface area contributed by atoms with E-state index in [0.29, 0.717) is 23.2 Å². The number of rotatable bonds is 5. The number of carbonyl (C=O) groups is 2. The number of ketones is 1. The summed E-state index contributed by atoms with van der Waals surface area (Å²) in [6.07, 6.45) is 8.56. The van der Waals surface area contributed by atoms with Crippen molar-refractivity contribution >= 4 is 29.1 Å². The van der Waals surface area contributed by atoms with Crippen LogP contribution in [-0.2, 0) is 22.6 Å². The molecular weight excluding hydrogens is 400 g/mol. The van der Waals surface area contributed by atoms with E-state index >= 15 is 0 Å². The predicted octanol–water partition coefficient (Wildman–Crippen LogP) is 4.90. The number of hydrogen-bond donors (Lipinski definition) is 1. The maximum absolute atomic E-state index is 12.9. The van der Waals surface area contributed by atoms with E-state index in [-0.39, 0.29) is 23.0 Å². The lowest BCUT2D eigenvalue weighted by Gasteiger charge is -2.27. The van der Waals surface area contributed by atoms with Crippen LogP contribution in [0.3, 0.4) is 0 Å². The minimum Gasteiger partial charge on any atom is -0.310 e. The normalized spacial score (nSPS) is 22.5. The number of anilines is 1. The van der Waals surface area contributed by atoms with Crippen LogP contribution in [-0.4, -0.2) is 26.5 Å². The summed E-state index contributed by atoms with van der Waals surface area (Å²) in [4.78, 5) is 28.6. The molecule has 1 saturated carbocycles. The Labute approximate surface area is 182 Å². The van der Waals surface area contributed by atoms with Crippen molar-refractivity contribution in [3.05, 3.63) is 29.2 Å². The molecule has 1 N–H and O–H groups in total. The van der Waals surface area contributed by atoms with Crippen LogP contribution in [0.1, 0.15) is 58.6 Å². The fraction of sp³-hybridized carbons (Fsp3) is 0.565. The van der Waals surface area contributed by atoms with Crippen LogP contribution >= 0.6 is 11.6 Å². The molecule has 0 bridgehead atoms. The first-order valence-electron chi connectivity index (χ1n) is 10.7. The van der Waals surface area contributed by atoms with Crippen LogP contribution in [0.4, 0.5) is 5.82 Å². The Bertz CT molecular complexity index is 982. The zero-order valence-electron chi connectivity index (χ0n) is 17.9. The van der Waals surface area contributed by atoms with Gasteiger partial charge in [-0.1, -0.05) is 31.9 Å². The number of fused-ring (bicyclic) bond motifs is 1. The molecule has 4 rings (SSSR count). The summed E-state index contributed by atoms with van der Waals surface area (Å²) < 4.78 is 2.04. The van der Waals surface area contributed by atoms with Gasteiger partial charge in [0.2, 0.25) is 5.91 Å². The van der Waals surface area contributed by atoms with Gasteiger partial charge in [0.15, 0.2) is 0 Å². The molecule has 2 aliphatic rings. The number of Topliss-reactive ketones (excluding diaryl/α,β-unsaturated/α-hetero) is 1. The van der Waals surface area contributed by atoms with Crippen molar-refractivity contribution in [2.24, 2.45) is 17.3 Å². The van der Waals surface area contributed by atoms with Crippen LogP contribution in [0.25, 0.3) is 11.1 Å². The molecule has 0 radical (unpaired) electrons. The fourth-order valence-electron chi connectivity index (χ4n) is 4.94. The second-order valence-corrected chi connectivity index (χ2v) is 10.1. The number of amides is 1. The third-order valence-corrected chi connectivity index (χ3v) is 6.60. The molecule has 30 heavy (non-hydrogen) atoms. The Morgan fingerprint density at radius 2 is 2.07 bits per heavy atom. The molecule has 3 heterocycles. The van der Waals surface area contributed by atoms with Gasteiger partial charge in [0.1, 0.15) is 11.6 Å². The SMILES string of the molecule is CC(=O)C[C@@H]1CCC[C@H](C(=O)Nc2cc(-c3cnn4c3CC(C)(C)C4)c(Cl)cn2)C1. The van der Waals surface area contributed by atoms with Gasteiger partial charge < -0.3 is 10.1 Å². The minimum atomic E-state index is -0.0785. The average molecular weight is 429 g/mol. The van der Waals surface area contributed by atoms with Crippen molar-refractivity contribution in [3.63, 3.8) is 0 Å². The van der Waals surface area contributed by atoms with Crippen molar-refractivity contribution < 1.29 is 9.59 Å².